The number of rotatable bonds is 3. The Morgan fingerprint density at radius 2 is 2.00 bits per heavy atom. The van der Waals surface area contributed by atoms with E-state index in [2.05, 4.69) is 11.3 Å². The Morgan fingerprint density at radius 1 is 1.33 bits per heavy atom. The highest BCUT2D eigenvalue weighted by molar-refractivity contribution is 7.90. The molecule has 0 radical (unpaired) electrons. The molecule has 2 rings (SSSR count). The second-order valence-electron chi connectivity index (χ2n) is 4.40. The number of hydrogen-bond donors (Lipinski definition) is 1. The summed E-state index contributed by atoms with van der Waals surface area (Å²) in [5, 5.41) is -0.328. The monoisotopic (exact) mass is 229 g/mol. The van der Waals surface area contributed by atoms with E-state index < -0.39 is 10.0 Å². The Morgan fingerprint density at radius 3 is 2.47 bits per heavy atom. The van der Waals surface area contributed by atoms with E-state index in [4.69, 9.17) is 0 Å². The van der Waals surface area contributed by atoms with Gasteiger partial charge in [0, 0.05) is 5.92 Å². The number of hydrogen-bond acceptors (Lipinski definition) is 3. The van der Waals surface area contributed by atoms with Crippen molar-refractivity contribution in [2.75, 3.05) is 0 Å². The van der Waals surface area contributed by atoms with Gasteiger partial charge in [-0.15, -0.1) is 0 Å². The van der Waals surface area contributed by atoms with Crippen LogP contribution in [0, 0.1) is 5.92 Å². The molecule has 0 saturated heterocycles. The zero-order chi connectivity index (χ0) is 11.1. The Balaban J connectivity index is 1.94. The highest BCUT2D eigenvalue weighted by atomic mass is 32.2. The van der Waals surface area contributed by atoms with Crippen molar-refractivity contribution in [1.29, 1.82) is 0 Å². The Labute approximate surface area is 89.8 Å². The largest absolute Gasteiger partial charge is 0.274 e. The fourth-order valence-corrected chi connectivity index (χ4v) is 3.21. The normalized spacial score (nSPS) is 26.7. The predicted octanol–water partition coefficient (Wildman–Crippen LogP) is 0.951. The molecule has 5 heteroatoms. The Bertz CT molecular complexity index is 395. The lowest BCUT2D eigenvalue weighted by molar-refractivity contribution is -0.122. The van der Waals surface area contributed by atoms with E-state index in [0.29, 0.717) is 19.3 Å². The van der Waals surface area contributed by atoms with Crippen LogP contribution < -0.4 is 4.72 Å². The Hall–Kier alpha value is -0.840. The average Bonchev–Trinajstić information content (AvgIpc) is 2.89. The summed E-state index contributed by atoms with van der Waals surface area (Å²) in [4.78, 5) is 11.6. The predicted molar refractivity (Wildman–Crippen MR) is 56.6 cm³/mol. The molecule has 4 nitrogen and oxygen atoms in total. The highest BCUT2D eigenvalue weighted by Gasteiger charge is 2.38. The van der Waals surface area contributed by atoms with Gasteiger partial charge in [-0.2, -0.15) is 0 Å². The molecule has 1 amide bonds. The van der Waals surface area contributed by atoms with Gasteiger partial charge in [0.1, 0.15) is 0 Å². The molecule has 0 aromatic carbocycles. The van der Waals surface area contributed by atoms with Crippen LogP contribution >= 0.6 is 0 Å². The van der Waals surface area contributed by atoms with Gasteiger partial charge in [0.25, 0.3) is 0 Å². The molecule has 0 aromatic heterocycles. The van der Waals surface area contributed by atoms with Gasteiger partial charge in [0.15, 0.2) is 0 Å². The van der Waals surface area contributed by atoms with Crippen LogP contribution in [0.5, 0.6) is 0 Å². The fourth-order valence-electron chi connectivity index (χ4n) is 1.84. The SMILES string of the molecule is C=C1CC[C@H](C(=O)NS(=O)(=O)C2CC2)C1. The van der Waals surface area contributed by atoms with Gasteiger partial charge >= 0.3 is 0 Å². The molecule has 2 aliphatic carbocycles. The van der Waals surface area contributed by atoms with Crippen LogP contribution in [0.25, 0.3) is 0 Å². The molecule has 1 N–H and O–H groups in total. The summed E-state index contributed by atoms with van der Waals surface area (Å²) in [7, 11) is -3.37. The van der Waals surface area contributed by atoms with Gasteiger partial charge in [-0.05, 0) is 32.1 Å². The molecule has 0 unspecified atom stereocenters. The molecular weight excluding hydrogens is 214 g/mol. The first-order valence-electron chi connectivity index (χ1n) is 5.21. The maximum absolute atomic E-state index is 11.6. The number of carbonyl (C=O) groups excluding carboxylic acids is 1. The van der Waals surface area contributed by atoms with Crippen LogP contribution in [0.1, 0.15) is 32.1 Å². The number of carbonyl (C=O) groups is 1. The molecule has 2 fully saturated rings. The zero-order valence-electron chi connectivity index (χ0n) is 8.53. The first-order valence-corrected chi connectivity index (χ1v) is 6.76. The topological polar surface area (TPSA) is 63.2 Å². The third kappa shape index (κ3) is 2.40. The van der Waals surface area contributed by atoms with Crippen molar-refractivity contribution in [3.8, 4) is 0 Å². The third-order valence-corrected chi connectivity index (χ3v) is 4.79. The van der Waals surface area contributed by atoms with Crippen molar-refractivity contribution >= 4 is 15.9 Å². The minimum absolute atomic E-state index is 0.189. The lowest BCUT2D eigenvalue weighted by atomic mass is 10.1. The second-order valence-corrected chi connectivity index (χ2v) is 6.36. The maximum atomic E-state index is 11.6. The molecule has 0 aliphatic heterocycles. The summed E-state index contributed by atoms with van der Waals surface area (Å²) >= 11 is 0. The second kappa shape index (κ2) is 3.63. The average molecular weight is 229 g/mol. The quantitative estimate of drug-likeness (QED) is 0.733. The molecule has 0 spiro atoms. The van der Waals surface area contributed by atoms with Gasteiger partial charge in [0.2, 0.25) is 15.9 Å². The molecule has 2 aliphatic rings. The molecule has 0 heterocycles. The summed E-state index contributed by atoms with van der Waals surface area (Å²) in [6.07, 6.45) is 3.55. The first kappa shape index (κ1) is 10.7. The van der Waals surface area contributed by atoms with E-state index in [1.807, 2.05) is 0 Å². The number of sulfonamides is 1. The molecule has 1 atom stereocenters. The minimum Gasteiger partial charge on any atom is -0.274 e. The van der Waals surface area contributed by atoms with Crippen molar-refractivity contribution in [3.63, 3.8) is 0 Å². The zero-order valence-corrected chi connectivity index (χ0v) is 9.35. The van der Waals surface area contributed by atoms with Gasteiger partial charge in [-0.25, -0.2) is 8.42 Å². The summed E-state index contributed by atoms with van der Waals surface area (Å²) in [6.45, 7) is 3.80. The van der Waals surface area contributed by atoms with Gasteiger partial charge in [0.05, 0.1) is 5.25 Å². The van der Waals surface area contributed by atoms with Crippen LogP contribution in [0.15, 0.2) is 12.2 Å². The standard InChI is InChI=1S/C10H15NO3S/c1-7-2-3-8(6-7)10(12)11-15(13,14)9-4-5-9/h8-9H,1-6H2,(H,11,12)/t8-/m0/s1. The fraction of sp³-hybridized carbons (Fsp3) is 0.700. The van der Waals surface area contributed by atoms with Crippen molar-refractivity contribution in [3.05, 3.63) is 12.2 Å². The Kier molecular flexibility index (Phi) is 2.58. The molecule has 0 aromatic rings. The van der Waals surface area contributed by atoms with Crippen LogP contribution in [0.3, 0.4) is 0 Å². The van der Waals surface area contributed by atoms with Gasteiger partial charge in [-0.3, -0.25) is 9.52 Å². The van der Waals surface area contributed by atoms with Crippen molar-refractivity contribution < 1.29 is 13.2 Å². The number of allylic oxidation sites excluding steroid dienone is 1. The maximum Gasteiger partial charge on any atom is 0.237 e. The molecule has 0 bridgehead atoms. The van der Waals surface area contributed by atoms with E-state index in [0.717, 1.165) is 18.4 Å². The van der Waals surface area contributed by atoms with Gasteiger partial charge in [-0.1, -0.05) is 12.2 Å². The van der Waals surface area contributed by atoms with Crippen molar-refractivity contribution in [1.82, 2.24) is 4.72 Å². The van der Waals surface area contributed by atoms with Crippen LogP contribution in [-0.2, 0) is 14.8 Å². The van der Waals surface area contributed by atoms with E-state index >= 15 is 0 Å². The van der Waals surface area contributed by atoms with E-state index in [9.17, 15) is 13.2 Å². The van der Waals surface area contributed by atoms with E-state index in [-0.39, 0.29) is 17.1 Å². The number of nitrogens with one attached hydrogen (secondary N) is 1. The van der Waals surface area contributed by atoms with Crippen molar-refractivity contribution in [2.45, 2.75) is 37.4 Å². The first-order chi connectivity index (χ1) is 6.99. The molecule has 2 saturated carbocycles. The van der Waals surface area contributed by atoms with E-state index in [1.54, 1.807) is 0 Å². The van der Waals surface area contributed by atoms with E-state index in [1.165, 1.54) is 0 Å². The lowest BCUT2D eigenvalue weighted by Crippen LogP contribution is -2.36. The molecule has 84 valence electrons. The van der Waals surface area contributed by atoms with Crippen LogP contribution in [0.2, 0.25) is 0 Å². The molecule has 15 heavy (non-hydrogen) atoms. The molecular formula is C10H15NO3S. The smallest absolute Gasteiger partial charge is 0.237 e. The summed E-state index contributed by atoms with van der Waals surface area (Å²) in [6, 6.07) is 0. The number of amides is 1. The van der Waals surface area contributed by atoms with Gasteiger partial charge < -0.3 is 0 Å². The highest BCUT2D eigenvalue weighted by Crippen LogP contribution is 2.31. The van der Waals surface area contributed by atoms with Crippen LogP contribution in [-0.4, -0.2) is 19.6 Å². The lowest BCUT2D eigenvalue weighted by Gasteiger charge is -2.09. The summed E-state index contributed by atoms with van der Waals surface area (Å²) in [5.41, 5.74) is 1.04. The summed E-state index contributed by atoms with van der Waals surface area (Å²) in [5.74, 6) is -0.536. The van der Waals surface area contributed by atoms with Crippen molar-refractivity contribution in [2.24, 2.45) is 5.92 Å². The summed E-state index contributed by atoms with van der Waals surface area (Å²) < 4.78 is 25.1. The van der Waals surface area contributed by atoms with Crippen LogP contribution in [0.4, 0.5) is 0 Å². The third-order valence-electron chi connectivity index (χ3n) is 2.96. The minimum atomic E-state index is -3.37.